The summed E-state index contributed by atoms with van der Waals surface area (Å²) >= 11 is 0. The van der Waals surface area contributed by atoms with Crippen molar-refractivity contribution in [2.75, 3.05) is 6.54 Å². The van der Waals surface area contributed by atoms with Crippen LogP contribution in [0.2, 0.25) is 0 Å². The fourth-order valence-electron chi connectivity index (χ4n) is 3.05. The van der Waals surface area contributed by atoms with Crippen LogP contribution in [-0.4, -0.2) is 6.54 Å². The van der Waals surface area contributed by atoms with E-state index in [2.05, 4.69) is 45.1 Å². The van der Waals surface area contributed by atoms with Gasteiger partial charge in [-0.3, -0.25) is 0 Å². The molecule has 1 heteroatoms. The van der Waals surface area contributed by atoms with Gasteiger partial charge in [0.25, 0.3) is 0 Å². The predicted octanol–water partition coefficient (Wildman–Crippen LogP) is 3.54. The summed E-state index contributed by atoms with van der Waals surface area (Å²) in [5.74, 6) is 1.49. The Labute approximate surface area is 99.3 Å². The van der Waals surface area contributed by atoms with Crippen LogP contribution in [-0.2, 0) is 6.54 Å². The molecule has 16 heavy (non-hydrogen) atoms. The lowest BCUT2D eigenvalue weighted by Gasteiger charge is -2.29. The second-order valence-electron chi connectivity index (χ2n) is 5.61. The first-order valence-electron chi connectivity index (χ1n) is 6.38. The zero-order valence-electron chi connectivity index (χ0n) is 10.9. The molecule has 1 aromatic rings. The van der Waals surface area contributed by atoms with Crippen molar-refractivity contribution in [2.45, 2.75) is 46.6 Å². The molecule has 1 aliphatic rings. The Morgan fingerprint density at radius 3 is 2.75 bits per heavy atom. The van der Waals surface area contributed by atoms with E-state index in [1.54, 1.807) is 5.56 Å². The Hall–Kier alpha value is -0.820. The lowest BCUT2D eigenvalue weighted by molar-refractivity contribution is 0.447. The van der Waals surface area contributed by atoms with Crippen LogP contribution in [0.3, 0.4) is 0 Å². The van der Waals surface area contributed by atoms with Crippen LogP contribution in [0, 0.1) is 19.8 Å². The summed E-state index contributed by atoms with van der Waals surface area (Å²) in [6.07, 6.45) is 1.30. The second kappa shape index (κ2) is 4.58. The first-order valence-corrected chi connectivity index (χ1v) is 6.38. The van der Waals surface area contributed by atoms with Crippen LogP contribution in [0.5, 0.6) is 0 Å². The summed E-state index contributed by atoms with van der Waals surface area (Å²) in [7, 11) is 0. The number of aryl methyl sites for hydroxylation is 2. The van der Waals surface area contributed by atoms with Crippen LogP contribution in [0.1, 0.15) is 48.4 Å². The molecule has 1 aromatic carbocycles. The van der Waals surface area contributed by atoms with E-state index in [4.69, 9.17) is 0 Å². The van der Waals surface area contributed by atoms with Gasteiger partial charge in [-0.15, -0.1) is 0 Å². The van der Waals surface area contributed by atoms with Gasteiger partial charge in [-0.05, 0) is 48.8 Å². The van der Waals surface area contributed by atoms with Crippen molar-refractivity contribution in [3.63, 3.8) is 0 Å². The summed E-state index contributed by atoms with van der Waals surface area (Å²) in [6.45, 7) is 11.3. The highest BCUT2D eigenvalue weighted by molar-refractivity contribution is 5.42. The maximum absolute atomic E-state index is 3.55. The smallest absolute Gasteiger partial charge is 0.0208 e. The average Bonchev–Trinajstić information content (AvgIpc) is 2.15. The van der Waals surface area contributed by atoms with Gasteiger partial charge in [-0.25, -0.2) is 0 Å². The highest BCUT2D eigenvalue weighted by Crippen LogP contribution is 2.32. The third-order valence-corrected chi connectivity index (χ3v) is 3.49. The third kappa shape index (κ3) is 2.30. The summed E-state index contributed by atoms with van der Waals surface area (Å²) in [5, 5.41) is 3.55. The molecule has 0 fully saturated rings. The Balaban J connectivity index is 2.37. The summed E-state index contributed by atoms with van der Waals surface area (Å²) in [4.78, 5) is 0. The van der Waals surface area contributed by atoms with E-state index in [0.29, 0.717) is 5.92 Å². The van der Waals surface area contributed by atoms with Crippen molar-refractivity contribution in [1.82, 2.24) is 5.32 Å². The normalized spacial score (nSPS) is 19.9. The van der Waals surface area contributed by atoms with E-state index in [9.17, 15) is 0 Å². The lowest BCUT2D eigenvalue weighted by Crippen LogP contribution is -2.29. The van der Waals surface area contributed by atoms with Gasteiger partial charge in [0, 0.05) is 13.1 Å². The maximum atomic E-state index is 3.55. The van der Waals surface area contributed by atoms with Crippen molar-refractivity contribution < 1.29 is 0 Å². The van der Waals surface area contributed by atoms with Gasteiger partial charge in [0.1, 0.15) is 0 Å². The fraction of sp³-hybridized carbons (Fsp3) is 0.600. The minimum atomic E-state index is 0.712. The monoisotopic (exact) mass is 217 g/mol. The minimum absolute atomic E-state index is 0.712. The molecule has 1 aliphatic heterocycles. The Bertz CT molecular complexity index is 379. The second-order valence-corrected chi connectivity index (χ2v) is 5.61. The topological polar surface area (TPSA) is 12.0 Å². The molecule has 0 bridgehead atoms. The highest BCUT2D eigenvalue weighted by Gasteiger charge is 2.22. The maximum Gasteiger partial charge on any atom is 0.0208 e. The van der Waals surface area contributed by atoms with Crippen LogP contribution in [0.4, 0.5) is 0 Å². The number of hydrogen-bond acceptors (Lipinski definition) is 1. The molecule has 1 N–H and O–H groups in total. The van der Waals surface area contributed by atoms with Crippen molar-refractivity contribution in [3.8, 4) is 0 Å². The SMILES string of the molecule is Cc1cc(C)c2c(c1)CNCC2CC(C)C. The molecule has 0 saturated heterocycles. The van der Waals surface area contributed by atoms with E-state index in [1.165, 1.54) is 23.1 Å². The van der Waals surface area contributed by atoms with Crippen LogP contribution in [0.15, 0.2) is 12.1 Å². The number of hydrogen-bond donors (Lipinski definition) is 1. The summed E-state index contributed by atoms with van der Waals surface area (Å²) < 4.78 is 0. The molecule has 0 spiro atoms. The number of rotatable bonds is 2. The van der Waals surface area contributed by atoms with Crippen molar-refractivity contribution >= 4 is 0 Å². The van der Waals surface area contributed by atoms with Gasteiger partial charge in [-0.2, -0.15) is 0 Å². The standard InChI is InChI=1S/C15H23N/c1-10(2)5-13-8-16-9-14-7-11(3)6-12(4)15(13)14/h6-7,10,13,16H,5,8-9H2,1-4H3. The molecule has 1 atom stereocenters. The number of fused-ring (bicyclic) bond motifs is 1. The molecule has 0 aliphatic carbocycles. The van der Waals surface area contributed by atoms with E-state index in [-0.39, 0.29) is 0 Å². The molecule has 0 saturated carbocycles. The molecule has 1 nitrogen and oxygen atoms in total. The lowest BCUT2D eigenvalue weighted by atomic mass is 9.82. The molecule has 1 heterocycles. The van der Waals surface area contributed by atoms with E-state index in [1.807, 2.05) is 0 Å². The number of nitrogens with one attached hydrogen (secondary N) is 1. The molecular weight excluding hydrogens is 194 g/mol. The molecule has 1 unspecified atom stereocenters. The van der Waals surface area contributed by atoms with Gasteiger partial charge in [-0.1, -0.05) is 31.5 Å². The molecule has 2 rings (SSSR count). The third-order valence-electron chi connectivity index (χ3n) is 3.49. The minimum Gasteiger partial charge on any atom is -0.312 e. The largest absolute Gasteiger partial charge is 0.312 e. The molecule has 88 valence electrons. The highest BCUT2D eigenvalue weighted by atomic mass is 14.9. The van der Waals surface area contributed by atoms with Crippen LogP contribution < -0.4 is 5.32 Å². The Morgan fingerprint density at radius 1 is 1.31 bits per heavy atom. The van der Waals surface area contributed by atoms with Gasteiger partial charge in [0.2, 0.25) is 0 Å². The predicted molar refractivity (Wildman–Crippen MR) is 69.8 cm³/mol. The van der Waals surface area contributed by atoms with Gasteiger partial charge in [0.15, 0.2) is 0 Å². The fourth-order valence-corrected chi connectivity index (χ4v) is 3.05. The number of benzene rings is 1. The Morgan fingerprint density at radius 2 is 2.06 bits per heavy atom. The molecular formula is C15H23N. The van der Waals surface area contributed by atoms with Crippen molar-refractivity contribution in [1.29, 1.82) is 0 Å². The van der Waals surface area contributed by atoms with Crippen molar-refractivity contribution in [2.24, 2.45) is 5.92 Å². The van der Waals surface area contributed by atoms with Crippen LogP contribution >= 0.6 is 0 Å². The van der Waals surface area contributed by atoms with Crippen molar-refractivity contribution in [3.05, 3.63) is 34.4 Å². The summed E-state index contributed by atoms with van der Waals surface area (Å²) in [5.41, 5.74) is 6.03. The zero-order chi connectivity index (χ0) is 11.7. The molecule has 0 radical (unpaired) electrons. The van der Waals surface area contributed by atoms with E-state index >= 15 is 0 Å². The van der Waals surface area contributed by atoms with E-state index < -0.39 is 0 Å². The Kier molecular flexibility index (Phi) is 3.34. The summed E-state index contributed by atoms with van der Waals surface area (Å²) in [6, 6.07) is 4.68. The zero-order valence-corrected chi connectivity index (χ0v) is 10.9. The van der Waals surface area contributed by atoms with Gasteiger partial charge < -0.3 is 5.32 Å². The van der Waals surface area contributed by atoms with Gasteiger partial charge >= 0.3 is 0 Å². The van der Waals surface area contributed by atoms with E-state index in [0.717, 1.165) is 19.0 Å². The first kappa shape index (κ1) is 11.7. The quantitative estimate of drug-likeness (QED) is 0.799. The van der Waals surface area contributed by atoms with Crippen LogP contribution in [0.25, 0.3) is 0 Å². The molecule has 0 amide bonds. The van der Waals surface area contributed by atoms with Gasteiger partial charge in [0.05, 0.1) is 0 Å². The average molecular weight is 217 g/mol. The first-order chi connectivity index (χ1) is 7.58. The molecule has 0 aromatic heterocycles.